The van der Waals surface area contributed by atoms with E-state index in [0.717, 1.165) is 32.5 Å². The van der Waals surface area contributed by atoms with Gasteiger partial charge in [-0.05, 0) is 31.4 Å². The third kappa shape index (κ3) is 3.43. The Labute approximate surface area is 134 Å². The van der Waals surface area contributed by atoms with E-state index in [0.29, 0.717) is 12.6 Å². The monoisotopic (exact) mass is 324 g/mol. The van der Waals surface area contributed by atoms with Gasteiger partial charge in [0.1, 0.15) is 11.3 Å². The van der Waals surface area contributed by atoms with Crippen LogP contribution in [0.3, 0.4) is 0 Å². The van der Waals surface area contributed by atoms with E-state index in [2.05, 4.69) is 12.2 Å². The molecule has 0 unspecified atom stereocenters. The second-order valence-electron chi connectivity index (χ2n) is 5.57. The summed E-state index contributed by atoms with van der Waals surface area (Å²) in [5.74, 6) is 0.837. The number of thiazole rings is 1. The average Bonchev–Trinajstić information content (AvgIpc) is 2.92. The van der Waals surface area contributed by atoms with Crippen LogP contribution in [0.25, 0.3) is 10.2 Å². The Bertz CT molecular complexity index is 608. The summed E-state index contributed by atoms with van der Waals surface area (Å²) in [5, 5.41) is 5.29. The fourth-order valence-corrected chi connectivity index (χ4v) is 4.00. The van der Waals surface area contributed by atoms with Crippen LogP contribution in [0.15, 0.2) is 12.1 Å². The van der Waals surface area contributed by atoms with Crippen molar-refractivity contribution in [1.82, 2.24) is 4.98 Å². The summed E-state index contributed by atoms with van der Waals surface area (Å²) in [7, 11) is 0. The van der Waals surface area contributed by atoms with Crippen LogP contribution in [-0.4, -0.2) is 17.6 Å². The number of nitrogens with zero attached hydrogens (tertiary/aromatic N) is 1. The number of halogens is 1. The number of rotatable bonds is 5. The van der Waals surface area contributed by atoms with E-state index < -0.39 is 0 Å². The zero-order valence-corrected chi connectivity index (χ0v) is 13.9. The Morgan fingerprint density at radius 3 is 2.90 bits per heavy atom. The molecule has 114 valence electrons. The molecule has 0 bridgehead atoms. The van der Waals surface area contributed by atoms with Gasteiger partial charge in [-0.25, -0.2) is 4.98 Å². The molecule has 1 fully saturated rings. The van der Waals surface area contributed by atoms with Crippen molar-refractivity contribution in [2.24, 2.45) is 0 Å². The van der Waals surface area contributed by atoms with Gasteiger partial charge in [0.05, 0.1) is 16.3 Å². The number of benzene rings is 1. The predicted molar refractivity (Wildman–Crippen MR) is 90.9 cm³/mol. The fourth-order valence-electron chi connectivity index (χ4n) is 2.76. The lowest BCUT2D eigenvalue weighted by molar-refractivity contribution is 0.320. The molecule has 0 saturated heterocycles. The van der Waals surface area contributed by atoms with Crippen molar-refractivity contribution in [1.29, 1.82) is 0 Å². The van der Waals surface area contributed by atoms with Gasteiger partial charge in [0.15, 0.2) is 5.13 Å². The smallest absolute Gasteiger partial charge is 0.184 e. The highest BCUT2D eigenvalue weighted by Gasteiger charge is 2.17. The first kappa shape index (κ1) is 14.9. The molecule has 1 aliphatic rings. The first-order valence-corrected chi connectivity index (χ1v) is 8.95. The number of hydrogen-bond acceptors (Lipinski definition) is 4. The first-order chi connectivity index (χ1) is 10.3. The molecule has 1 aromatic carbocycles. The average molecular weight is 325 g/mol. The van der Waals surface area contributed by atoms with Crippen LogP contribution in [0, 0.1) is 0 Å². The third-order valence-corrected chi connectivity index (χ3v) is 5.30. The highest BCUT2D eigenvalue weighted by Crippen LogP contribution is 2.38. The summed E-state index contributed by atoms with van der Waals surface area (Å²) in [6, 6.07) is 4.38. The van der Waals surface area contributed by atoms with Crippen LogP contribution in [0.4, 0.5) is 5.13 Å². The Balaban J connectivity index is 1.85. The van der Waals surface area contributed by atoms with Crippen LogP contribution in [0.2, 0.25) is 5.02 Å². The van der Waals surface area contributed by atoms with E-state index in [-0.39, 0.29) is 0 Å². The van der Waals surface area contributed by atoms with E-state index in [1.807, 2.05) is 12.1 Å². The van der Waals surface area contributed by atoms with E-state index in [1.54, 1.807) is 11.3 Å². The third-order valence-electron chi connectivity index (χ3n) is 3.85. The van der Waals surface area contributed by atoms with Crippen LogP contribution in [0.1, 0.15) is 45.4 Å². The molecule has 0 atom stereocenters. The minimum absolute atomic E-state index is 0.554. The molecule has 1 saturated carbocycles. The summed E-state index contributed by atoms with van der Waals surface area (Å²) in [6.07, 6.45) is 7.45. The van der Waals surface area contributed by atoms with E-state index in [1.165, 1.54) is 32.1 Å². The molecule has 1 N–H and O–H groups in total. The second-order valence-corrected chi connectivity index (χ2v) is 6.98. The lowest BCUT2D eigenvalue weighted by Crippen LogP contribution is -2.21. The topological polar surface area (TPSA) is 34.1 Å². The van der Waals surface area contributed by atoms with Crippen molar-refractivity contribution < 1.29 is 4.74 Å². The molecule has 0 spiro atoms. The zero-order chi connectivity index (χ0) is 14.7. The summed E-state index contributed by atoms with van der Waals surface area (Å²) in [5.41, 5.74) is 0.888. The van der Waals surface area contributed by atoms with Crippen LogP contribution in [0.5, 0.6) is 5.75 Å². The van der Waals surface area contributed by atoms with Crippen molar-refractivity contribution in [3.8, 4) is 5.75 Å². The minimum Gasteiger partial charge on any atom is -0.491 e. The molecule has 5 heteroatoms. The fraction of sp³-hybridized carbons (Fsp3) is 0.562. The molecule has 1 heterocycles. The number of aromatic nitrogens is 1. The molecule has 1 aliphatic carbocycles. The molecule has 3 nitrogen and oxygen atoms in total. The number of nitrogens with one attached hydrogen (secondary N) is 1. The second kappa shape index (κ2) is 6.84. The molecular weight excluding hydrogens is 304 g/mol. The van der Waals surface area contributed by atoms with Gasteiger partial charge in [-0.2, -0.15) is 0 Å². The number of hydrogen-bond donors (Lipinski definition) is 1. The minimum atomic E-state index is 0.554. The van der Waals surface area contributed by atoms with Gasteiger partial charge < -0.3 is 10.1 Å². The SMILES string of the molecule is CCCOc1ccc(Cl)c2sc(NC3CCCCC3)nc12. The van der Waals surface area contributed by atoms with Crippen molar-refractivity contribution in [2.45, 2.75) is 51.5 Å². The van der Waals surface area contributed by atoms with Crippen molar-refractivity contribution in [3.63, 3.8) is 0 Å². The van der Waals surface area contributed by atoms with Crippen LogP contribution < -0.4 is 10.1 Å². The van der Waals surface area contributed by atoms with E-state index in [4.69, 9.17) is 21.3 Å². The number of ether oxygens (including phenoxy) is 1. The van der Waals surface area contributed by atoms with Crippen molar-refractivity contribution in [3.05, 3.63) is 17.2 Å². The Hall–Kier alpha value is -1.00. The lowest BCUT2D eigenvalue weighted by atomic mass is 9.96. The zero-order valence-electron chi connectivity index (χ0n) is 12.3. The normalized spacial score (nSPS) is 16.3. The molecule has 21 heavy (non-hydrogen) atoms. The van der Waals surface area contributed by atoms with Crippen LogP contribution >= 0.6 is 22.9 Å². The van der Waals surface area contributed by atoms with Gasteiger partial charge in [0, 0.05) is 6.04 Å². The molecule has 3 rings (SSSR count). The molecule has 0 aliphatic heterocycles. The lowest BCUT2D eigenvalue weighted by Gasteiger charge is -2.22. The summed E-state index contributed by atoms with van der Waals surface area (Å²) >= 11 is 7.94. The maximum Gasteiger partial charge on any atom is 0.184 e. The molecular formula is C16H21ClN2OS. The summed E-state index contributed by atoms with van der Waals surface area (Å²) in [6.45, 7) is 2.81. The van der Waals surface area contributed by atoms with Gasteiger partial charge in [-0.15, -0.1) is 0 Å². The van der Waals surface area contributed by atoms with Gasteiger partial charge in [0.2, 0.25) is 0 Å². The van der Waals surface area contributed by atoms with E-state index in [9.17, 15) is 0 Å². The van der Waals surface area contributed by atoms with Crippen LogP contribution in [-0.2, 0) is 0 Å². The summed E-state index contributed by atoms with van der Waals surface area (Å²) in [4.78, 5) is 4.72. The van der Waals surface area contributed by atoms with Gasteiger partial charge in [-0.1, -0.05) is 49.1 Å². The Kier molecular flexibility index (Phi) is 4.86. The van der Waals surface area contributed by atoms with Gasteiger partial charge >= 0.3 is 0 Å². The molecule has 1 aromatic heterocycles. The van der Waals surface area contributed by atoms with Gasteiger partial charge in [0.25, 0.3) is 0 Å². The number of fused-ring (bicyclic) bond motifs is 1. The quantitative estimate of drug-likeness (QED) is 0.790. The van der Waals surface area contributed by atoms with E-state index >= 15 is 0 Å². The largest absolute Gasteiger partial charge is 0.491 e. The molecule has 0 radical (unpaired) electrons. The standard InChI is InChI=1S/C16H21ClN2OS/c1-2-10-20-13-9-8-12(17)15-14(13)19-16(21-15)18-11-6-4-3-5-7-11/h8-9,11H,2-7,10H2,1H3,(H,18,19). The van der Waals surface area contributed by atoms with Crippen molar-refractivity contribution in [2.75, 3.05) is 11.9 Å². The summed E-state index contributed by atoms with van der Waals surface area (Å²) < 4.78 is 6.80. The highest BCUT2D eigenvalue weighted by atomic mass is 35.5. The Morgan fingerprint density at radius 1 is 1.33 bits per heavy atom. The predicted octanol–water partition coefficient (Wildman–Crippen LogP) is 5.48. The Morgan fingerprint density at radius 2 is 2.14 bits per heavy atom. The molecule has 0 amide bonds. The van der Waals surface area contributed by atoms with Crippen molar-refractivity contribution >= 4 is 38.3 Å². The molecule has 2 aromatic rings. The maximum absolute atomic E-state index is 6.31. The first-order valence-electron chi connectivity index (χ1n) is 7.76. The highest BCUT2D eigenvalue weighted by molar-refractivity contribution is 7.22. The number of anilines is 1. The maximum atomic E-state index is 6.31. The van der Waals surface area contributed by atoms with Gasteiger partial charge in [-0.3, -0.25) is 0 Å².